The van der Waals surface area contributed by atoms with E-state index in [1.54, 1.807) is 29.9 Å². The maximum atomic E-state index is 15.2. The van der Waals surface area contributed by atoms with Gasteiger partial charge in [-0.2, -0.15) is 10.1 Å². The van der Waals surface area contributed by atoms with Gasteiger partial charge in [-0.05, 0) is 49.4 Å². The SMILES string of the molecule is Cn1nc(C2CCC(=O)NC2=O)c2cccc(N3CCN(C(=O)N4CCN(c5ncc(Cl)c(Nc6ccc7c(c6)c6c(c(=O)n7C)OCC(F)(F)[C@H](C7CC7)N6)n5)CC4)CC3)c21. The minimum atomic E-state index is -3.15. The minimum Gasteiger partial charge on any atom is -0.480 e. The predicted molar refractivity (Wildman–Crippen MR) is 229 cm³/mol. The predicted octanol–water partition coefficient (Wildman–Crippen LogP) is 4.41. The van der Waals surface area contributed by atoms with Gasteiger partial charge in [-0.15, -0.1) is 0 Å². The molecule has 5 aromatic rings. The number of anilines is 5. The fraction of sp³-hybridized carbons (Fsp3) is 0.452. The zero-order chi connectivity index (χ0) is 43.0. The number of urea groups is 1. The van der Waals surface area contributed by atoms with Crippen molar-refractivity contribution in [1.82, 2.24) is 39.4 Å². The molecule has 3 saturated heterocycles. The zero-order valence-corrected chi connectivity index (χ0v) is 34.9. The van der Waals surface area contributed by atoms with E-state index >= 15 is 8.78 Å². The number of aryl methyl sites for hydroxylation is 2. The Morgan fingerprint density at radius 2 is 1.66 bits per heavy atom. The molecule has 2 atom stereocenters. The van der Waals surface area contributed by atoms with E-state index in [9.17, 15) is 19.2 Å². The summed E-state index contributed by atoms with van der Waals surface area (Å²) in [6, 6.07) is 10.0. The van der Waals surface area contributed by atoms with Crippen molar-refractivity contribution in [3.05, 3.63) is 63.7 Å². The molecule has 0 radical (unpaired) electrons. The third-order valence-electron chi connectivity index (χ3n) is 12.8. The molecule has 4 aliphatic heterocycles. The first-order valence-electron chi connectivity index (χ1n) is 20.9. The van der Waals surface area contributed by atoms with Crippen LogP contribution in [0.3, 0.4) is 0 Å². The van der Waals surface area contributed by atoms with E-state index in [4.69, 9.17) is 26.4 Å². The number of para-hydroxylation sites is 1. The summed E-state index contributed by atoms with van der Waals surface area (Å²) in [5, 5.41) is 15.1. The van der Waals surface area contributed by atoms with Crippen molar-refractivity contribution in [3.63, 3.8) is 0 Å². The number of amides is 4. The number of ether oxygens (including phenoxy) is 1. The second-order valence-electron chi connectivity index (χ2n) is 16.7. The maximum Gasteiger partial charge on any atom is 0.320 e. The number of carbonyl (C=O) groups excluding carboxylic acids is 3. The average molecular weight is 871 g/mol. The van der Waals surface area contributed by atoms with Crippen LogP contribution in [0, 0.1) is 5.92 Å². The molecule has 3 aromatic heterocycles. The maximum absolute atomic E-state index is 15.2. The smallest absolute Gasteiger partial charge is 0.320 e. The molecular weight excluding hydrogens is 826 g/mol. The Bertz CT molecular complexity index is 2710. The first-order valence-corrected chi connectivity index (χ1v) is 21.3. The number of benzene rings is 2. The second kappa shape index (κ2) is 15.3. The number of rotatable bonds is 6. The standard InChI is InChI=1S/C42H45ClF2N12O5/c1-52-29-10-8-24(20-27(29)33-35(39(52)60)62-22-42(44,45)36(49-33)23-6-7-23)47-37-28(43)21-46-40(50-37)55-14-18-57(19-15-55)41(61)56-16-12-54(13-17-56)30-5-3-4-25-32(51-53(2)34(25)30)26-9-11-31(58)48-38(26)59/h3-5,8,10,20-21,23,26,36,49H,6-7,9,11-19,22H2,1-2H3,(H,46,47,50)(H,48,58,59)/t26?,36-/m0/s1. The van der Waals surface area contributed by atoms with E-state index < -0.39 is 30.0 Å². The molecule has 20 heteroatoms. The van der Waals surface area contributed by atoms with Gasteiger partial charge in [0.15, 0.2) is 12.4 Å². The van der Waals surface area contributed by atoms with E-state index in [1.807, 2.05) is 39.9 Å². The van der Waals surface area contributed by atoms with Crippen LogP contribution >= 0.6 is 11.6 Å². The van der Waals surface area contributed by atoms with Gasteiger partial charge >= 0.3 is 12.0 Å². The topological polar surface area (TPSA) is 175 Å². The van der Waals surface area contributed by atoms with Crippen molar-refractivity contribution in [2.24, 2.45) is 20.0 Å². The number of pyridine rings is 1. The average Bonchev–Trinajstić information content (AvgIpc) is 4.07. The van der Waals surface area contributed by atoms with Gasteiger partial charge in [0.25, 0.3) is 5.56 Å². The van der Waals surface area contributed by atoms with Crippen molar-refractivity contribution in [3.8, 4) is 5.75 Å². The number of fused-ring (bicyclic) bond motifs is 4. The van der Waals surface area contributed by atoms with Crippen LogP contribution in [0.5, 0.6) is 5.75 Å². The number of aromatic nitrogens is 5. The molecule has 2 aromatic carbocycles. The van der Waals surface area contributed by atoms with Crippen LogP contribution < -0.4 is 36.0 Å². The lowest BCUT2D eigenvalue weighted by molar-refractivity contribution is -0.134. The number of hydrogen-bond acceptors (Lipinski definition) is 12. The molecule has 324 valence electrons. The van der Waals surface area contributed by atoms with Crippen molar-refractivity contribution in [1.29, 1.82) is 0 Å². The summed E-state index contributed by atoms with van der Waals surface area (Å²) in [6.45, 7) is 3.37. The molecular formula is C42H45ClF2N12O5. The summed E-state index contributed by atoms with van der Waals surface area (Å²) in [6.07, 6.45) is 3.58. The fourth-order valence-electron chi connectivity index (χ4n) is 9.27. The van der Waals surface area contributed by atoms with Crippen LogP contribution in [0.4, 0.5) is 42.4 Å². The summed E-state index contributed by atoms with van der Waals surface area (Å²) in [5.41, 5.74) is 3.42. The summed E-state index contributed by atoms with van der Waals surface area (Å²) in [5.74, 6) is -3.80. The molecule has 17 nitrogen and oxygen atoms in total. The van der Waals surface area contributed by atoms with Crippen LogP contribution in [0.1, 0.15) is 37.3 Å². The fourth-order valence-corrected chi connectivity index (χ4v) is 9.41. The van der Waals surface area contributed by atoms with Gasteiger partial charge in [0.2, 0.25) is 23.5 Å². The molecule has 1 saturated carbocycles. The van der Waals surface area contributed by atoms with E-state index in [2.05, 4.69) is 25.8 Å². The van der Waals surface area contributed by atoms with E-state index in [1.165, 1.54) is 10.8 Å². The molecule has 4 amide bonds. The summed E-state index contributed by atoms with van der Waals surface area (Å²) < 4.78 is 39.0. The number of hydrogen-bond donors (Lipinski definition) is 3. The van der Waals surface area contributed by atoms with E-state index in [-0.39, 0.29) is 46.6 Å². The number of piperazine rings is 2. The van der Waals surface area contributed by atoms with Gasteiger partial charge in [0.05, 0.1) is 46.3 Å². The Hall–Kier alpha value is -6.24. The Morgan fingerprint density at radius 1 is 0.935 bits per heavy atom. The lowest BCUT2D eigenvalue weighted by Crippen LogP contribution is -2.57. The van der Waals surface area contributed by atoms with Crippen molar-refractivity contribution >= 4 is 80.1 Å². The van der Waals surface area contributed by atoms with Gasteiger partial charge in [-0.25, -0.2) is 18.6 Å². The highest BCUT2D eigenvalue weighted by molar-refractivity contribution is 6.33. The lowest BCUT2D eigenvalue weighted by atomic mass is 9.92. The molecule has 0 spiro atoms. The molecule has 0 bridgehead atoms. The van der Waals surface area contributed by atoms with Crippen molar-refractivity contribution < 1.29 is 27.9 Å². The van der Waals surface area contributed by atoms with E-state index in [0.717, 1.165) is 16.6 Å². The van der Waals surface area contributed by atoms with Crippen LogP contribution in [0.15, 0.2) is 47.4 Å². The summed E-state index contributed by atoms with van der Waals surface area (Å²) in [4.78, 5) is 68.7. The van der Waals surface area contributed by atoms with Crippen LogP contribution in [0.25, 0.3) is 21.8 Å². The second-order valence-corrected chi connectivity index (χ2v) is 17.1. The number of nitrogens with zero attached hydrogens (tertiary/aromatic N) is 9. The number of carbonyl (C=O) groups is 3. The number of imide groups is 1. The first kappa shape index (κ1) is 39.9. The molecule has 7 heterocycles. The molecule has 62 heavy (non-hydrogen) atoms. The lowest BCUT2D eigenvalue weighted by Gasteiger charge is -2.41. The Labute approximate surface area is 358 Å². The molecule has 10 rings (SSSR count). The number of piperidine rings is 1. The van der Waals surface area contributed by atoms with Crippen molar-refractivity contribution in [2.45, 2.75) is 43.6 Å². The molecule has 1 unspecified atom stereocenters. The normalized spacial score (nSPS) is 21.6. The quantitative estimate of drug-likeness (QED) is 0.206. The van der Waals surface area contributed by atoms with Gasteiger partial charge in [0, 0.05) is 89.3 Å². The minimum absolute atomic E-state index is 0.0266. The highest BCUT2D eigenvalue weighted by atomic mass is 35.5. The number of nitrogens with one attached hydrogen (secondary N) is 3. The zero-order valence-electron chi connectivity index (χ0n) is 34.2. The highest BCUT2D eigenvalue weighted by Gasteiger charge is 2.51. The summed E-state index contributed by atoms with van der Waals surface area (Å²) in [7, 11) is 3.45. The Kier molecular flexibility index (Phi) is 9.83. The van der Waals surface area contributed by atoms with Gasteiger partial charge in [-0.1, -0.05) is 23.7 Å². The number of halogens is 3. The molecule has 1 aliphatic carbocycles. The summed E-state index contributed by atoms with van der Waals surface area (Å²) >= 11 is 6.60. The van der Waals surface area contributed by atoms with Gasteiger partial charge < -0.3 is 39.5 Å². The van der Waals surface area contributed by atoms with Crippen LogP contribution in [0.2, 0.25) is 5.02 Å². The molecule has 4 fully saturated rings. The van der Waals surface area contributed by atoms with Gasteiger partial charge in [0.1, 0.15) is 5.02 Å². The largest absolute Gasteiger partial charge is 0.480 e. The number of alkyl halides is 2. The Morgan fingerprint density at radius 3 is 2.37 bits per heavy atom. The van der Waals surface area contributed by atoms with Crippen LogP contribution in [-0.2, 0) is 23.7 Å². The van der Waals surface area contributed by atoms with Crippen LogP contribution in [-0.4, -0.2) is 123 Å². The Balaban J connectivity index is 0.791. The van der Waals surface area contributed by atoms with Crippen molar-refractivity contribution in [2.75, 3.05) is 79.4 Å². The first-order chi connectivity index (χ1) is 29.8. The molecule has 5 aliphatic rings. The van der Waals surface area contributed by atoms with E-state index in [0.29, 0.717) is 106 Å². The monoisotopic (exact) mass is 870 g/mol. The molecule has 3 N–H and O–H groups in total. The third-order valence-corrected chi connectivity index (χ3v) is 13.0. The highest BCUT2D eigenvalue weighted by Crippen LogP contribution is 2.46. The van der Waals surface area contributed by atoms with Gasteiger partial charge in [-0.3, -0.25) is 24.4 Å². The third kappa shape index (κ3) is 7.04.